The van der Waals surface area contributed by atoms with Crippen molar-refractivity contribution in [2.75, 3.05) is 20.2 Å². The van der Waals surface area contributed by atoms with Crippen molar-refractivity contribution >= 4 is 17.3 Å². The minimum atomic E-state index is -0.774. The Morgan fingerprint density at radius 3 is 3.14 bits per heavy atom. The van der Waals surface area contributed by atoms with Gasteiger partial charge in [-0.1, -0.05) is 12.1 Å². The summed E-state index contributed by atoms with van der Waals surface area (Å²) in [4.78, 5) is 18.7. The van der Waals surface area contributed by atoms with Crippen LogP contribution in [0.3, 0.4) is 0 Å². The number of carboxylic acid groups (broad SMARTS) is 1. The van der Waals surface area contributed by atoms with E-state index in [4.69, 9.17) is 14.8 Å². The van der Waals surface area contributed by atoms with Crippen LogP contribution < -0.4 is 4.74 Å². The Labute approximate surface area is 133 Å². The Hall–Kier alpha value is -1.92. The molecule has 0 bridgehead atoms. The maximum atomic E-state index is 10.8. The SMILES string of the molecule is COc1cccc(Cc2nc3c(s2)CN(CC(=O)O)CC3)c1. The number of nitrogens with zero attached hydrogens (tertiary/aromatic N) is 2. The molecule has 0 atom stereocenters. The number of benzene rings is 1. The van der Waals surface area contributed by atoms with Crippen molar-refractivity contribution in [1.29, 1.82) is 0 Å². The Bertz CT molecular complexity index is 684. The normalized spacial score (nSPS) is 14.6. The molecular weight excluding hydrogens is 300 g/mol. The third kappa shape index (κ3) is 3.45. The molecule has 1 aromatic heterocycles. The second kappa shape index (κ2) is 6.46. The lowest BCUT2D eigenvalue weighted by molar-refractivity contribution is -0.138. The lowest BCUT2D eigenvalue weighted by Crippen LogP contribution is -2.34. The highest BCUT2D eigenvalue weighted by atomic mass is 32.1. The summed E-state index contributed by atoms with van der Waals surface area (Å²) in [5, 5.41) is 9.98. The molecule has 0 spiro atoms. The molecule has 22 heavy (non-hydrogen) atoms. The van der Waals surface area contributed by atoms with Gasteiger partial charge in [0.05, 0.1) is 24.4 Å². The smallest absolute Gasteiger partial charge is 0.317 e. The topological polar surface area (TPSA) is 62.7 Å². The average molecular weight is 318 g/mol. The van der Waals surface area contributed by atoms with Crippen molar-refractivity contribution in [1.82, 2.24) is 9.88 Å². The van der Waals surface area contributed by atoms with E-state index in [-0.39, 0.29) is 6.54 Å². The quantitative estimate of drug-likeness (QED) is 0.915. The molecule has 116 valence electrons. The van der Waals surface area contributed by atoms with Gasteiger partial charge in [-0.2, -0.15) is 0 Å². The lowest BCUT2D eigenvalue weighted by atomic mass is 10.1. The van der Waals surface area contributed by atoms with Crippen LogP contribution in [0, 0.1) is 0 Å². The van der Waals surface area contributed by atoms with Crippen LogP contribution >= 0.6 is 11.3 Å². The first kappa shape index (κ1) is 15.0. The van der Waals surface area contributed by atoms with E-state index >= 15 is 0 Å². The largest absolute Gasteiger partial charge is 0.497 e. The predicted molar refractivity (Wildman–Crippen MR) is 84.5 cm³/mol. The van der Waals surface area contributed by atoms with Crippen molar-refractivity contribution in [3.05, 3.63) is 45.4 Å². The van der Waals surface area contributed by atoms with E-state index in [1.807, 2.05) is 23.1 Å². The van der Waals surface area contributed by atoms with Crippen molar-refractivity contribution in [3.8, 4) is 5.75 Å². The second-order valence-corrected chi connectivity index (χ2v) is 6.53. The van der Waals surface area contributed by atoms with Crippen LogP contribution in [0.4, 0.5) is 0 Å². The van der Waals surface area contributed by atoms with Crippen LogP contribution in [0.1, 0.15) is 21.1 Å². The van der Waals surface area contributed by atoms with E-state index in [0.717, 1.165) is 35.8 Å². The van der Waals surface area contributed by atoms with E-state index in [1.165, 1.54) is 10.4 Å². The van der Waals surface area contributed by atoms with Crippen molar-refractivity contribution in [2.45, 2.75) is 19.4 Å². The second-order valence-electron chi connectivity index (χ2n) is 5.36. The molecule has 2 aromatic rings. The van der Waals surface area contributed by atoms with Crippen LogP contribution in [0.15, 0.2) is 24.3 Å². The van der Waals surface area contributed by atoms with Crippen LogP contribution in [0.25, 0.3) is 0 Å². The number of carbonyl (C=O) groups is 1. The fourth-order valence-electron chi connectivity index (χ4n) is 2.66. The molecule has 0 saturated carbocycles. The molecule has 6 heteroatoms. The number of fused-ring (bicyclic) bond motifs is 1. The fraction of sp³-hybridized carbons (Fsp3) is 0.375. The molecule has 1 aliphatic heterocycles. The Kier molecular flexibility index (Phi) is 4.40. The molecule has 0 amide bonds. The maximum Gasteiger partial charge on any atom is 0.317 e. The van der Waals surface area contributed by atoms with Crippen molar-refractivity contribution < 1.29 is 14.6 Å². The number of aliphatic carboxylic acids is 1. The summed E-state index contributed by atoms with van der Waals surface area (Å²) in [5.41, 5.74) is 2.30. The first-order valence-electron chi connectivity index (χ1n) is 7.18. The molecule has 0 fully saturated rings. The van der Waals surface area contributed by atoms with Crippen molar-refractivity contribution in [3.63, 3.8) is 0 Å². The van der Waals surface area contributed by atoms with Crippen molar-refractivity contribution in [2.24, 2.45) is 0 Å². The Balaban J connectivity index is 1.72. The van der Waals surface area contributed by atoms with Gasteiger partial charge in [-0.25, -0.2) is 4.98 Å². The number of hydrogen-bond acceptors (Lipinski definition) is 5. The van der Waals surface area contributed by atoms with E-state index < -0.39 is 5.97 Å². The number of methoxy groups -OCH3 is 1. The summed E-state index contributed by atoms with van der Waals surface area (Å²) in [6, 6.07) is 8.01. The van der Waals surface area contributed by atoms with E-state index in [9.17, 15) is 4.79 Å². The molecule has 0 saturated heterocycles. The Morgan fingerprint density at radius 1 is 1.50 bits per heavy atom. The van der Waals surface area contributed by atoms with Gasteiger partial charge in [-0.05, 0) is 17.7 Å². The summed E-state index contributed by atoms with van der Waals surface area (Å²) in [5.74, 6) is 0.0797. The first-order chi connectivity index (χ1) is 10.6. The van der Waals surface area contributed by atoms with Crippen LogP contribution in [-0.4, -0.2) is 41.2 Å². The third-order valence-electron chi connectivity index (χ3n) is 3.70. The van der Waals surface area contributed by atoms with Crippen LogP contribution in [0.5, 0.6) is 5.75 Å². The van der Waals surface area contributed by atoms with Gasteiger partial charge in [0.25, 0.3) is 0 Å². The number of carboxylic acids is 1. The first-order valence-corrected chi connectivity index (χ1v) is 8.00. The van der Waals surface area contributed by atoms with Gasteiger partial charge in [-0.15, -0.1) is 11.3 Å². The molecule has 5 nitrogen and oxygen atoms in total. The van der Waals surface area contributed by atoms with Gasteiger partial charge in [0.2, 0.25) is 0 Å². The molecule has 0 aliphatic carbocycles. The number of thiazole rings is 1. The molecule has 1 N–H and O–H groups in total. The summed E-state index contributed by atoms with van der Waals surface area (Å²) in [7, 11) is 1.66. The maximum absolute atomic E-state index is 10.8. The monoisotopic (exact) mass is 318 g/mol. The predicted octanol–water partition coefficient (Wildman–Crippen LogP) is 2.19. The minimum Gasteiger partial charge on any atom is -0.497 e. The molecule has 0 radical (unpaired) electrons. The number of hydrogen-bond donors (Lipinski definition) is 1. The number of ether oxygens (including phenoxy) is 1. The highest BCUT2D eigenvalue weighted by Crippen LogP contribution is 2.27. The average Bonchev–Trinajstić information content (AvgIpc) is 2.88. The summed E-state index contributed by atoms with van der Waals surface area (Å²) < 4.78 is 5.25. The molecule has 1 aromatic carbocycles. The molecular formula is C16H18N2O3S. The minimum absolute atomic E-state index is 0.0998. The van der Waals surface area contributed by atoms with Gasteiger partial charge < -0.3 is 9.84 Å². The van der Waals surface area contributed by atoms with Crippen LogP contribution in [-0.2, 0) is 24.2 Å². The highest BCUT2D eigenvalue weighted by molar-refractivity contribution is 7.11. The van der Waals surface area contributed by atoms with Crippen LogP contribution in [0.2, 0.25) is 0 Å². The molecule has 1 aliphatic rings. The zero-order valence-corrected chi connectivity index (χ0v) is 13.2. The number of aromatic nitrogens is 1. The summed E-state index contributed by atoms with van der Waals surface area (Å²) >= 11 is 1.69. The zero-order chi connectivity index (χ0) is 15.5. The van der Waals surface area contributed by atoms with E-state index in [1.54, 1.807) is 18.4 Å². The lowest BCUT2D eigenvalue weighted by Gasteiger charge is -2.23. The van der Waals surface area contributed by atoms with Gasteiger partial charge in [0.15, 0.2) is 0 Å². The van der Waals surface area contributed by atoms with Gasteiger partial charge in [-0.3, -0.25) is 9.69 Å². The van der Waals surface area contributed by atoms with Gasteiger partial charge >= 0.3 is 5.97 Å². The zero-order valence-electron chi connectivity index (χ0n) is 12.4. The Morgan fingerprint density at radius 2 is 2.36 bits per heavy atom. The third-order valence-corrected chi connectivity index (χ3v) is 4.79. The van der Waals surface area contributed by atoms with Gasteiger partial charge in [0.1, 0.15) is 5.75 Å². The fourth-order valence-corrected chi connectivity index (χ4v) is 3.85. The van der Waals surface area contributed by atoms with Gasteiger partial charge in [0, 0.05) is 30.8 Å². The molecule has 0 unspecified atom stereocenters. The van der Waals surface area contributed by atoms with E-state index in [0.29, 0.717) is 6.54 Å². The summed E-state index contributed by atoms with van der Waals surface area (Å²) in [6.45, 7) is 1.56. The molecule has 2 heterocycles. The van der Waals surface area contributed by atoms with E-state index in [2.05, 4.69) is 6.07 Å². The highest BCUT2D eigenvalue weighted by Gasteiger charge is 2.22. The summed E-state index contributed by atoms with van der Waals surface area (Å²) in [6.07, 6.45) is 1.62. The number of rotatable bonds is 5. The molecule has 3 rings (SSSR count). The standard InChI is InChI=1S/C16H18N2O3S/c1-21-12-4-2-3-11(7-12)8-15-17-13-5-6-18(10-16(19)20)9-14(13)22-15/h2-4,7H,5-6,8-10H2,1H3,(H,19,20).